The number of benzene rings is 2. The predicted molar refractivity (Wildman–Crippen MR) is 112 cm³/mol. The Morgan fingerprint density at radius 3 is 2.74 bits per heavy atom. The summed E-state index contributed by atoms with van der Waals surface area (Å²) in [6, 6.07) is 6.82. The van der Waals surface area contributed by atoms with E-state index in [1.807, 2.05) is 6.92 Å². The van der Waals surface area contributed by atoms with Gasteiger partial charge in [0.05, 0.1) is 17.2 Å². The van der Waals surface area contributed by atoms with Gasteiger partial charge in [0, 0.05) is 24.9 Å². The Morgan fingerprint density at radius 2 is 2.03 bits per heavy atom. The molecular weight excluding hydrogens is 423 g/mol. The number of halogens is 1. The zero-order chi connectivity index (χ0) is 21.9. The van der Waals surface area contributed by atoms with Crippen molar-refractivity contribution in [3.05, 3.63) is 52.8 Å². The third kappa shape index (κ3) is 3.45. The van der Waals surface area contributed by atoms with Gasteiger partial charge in [-0.15, -0.1) is 0 Å². The first-order valence-electron chi connectivity index (χ1n) is 10.4. The molecule has 2 aliphatic heterocycles. The average molecular weight is 447 g/mol. The lowest BCUT2D eigenvalue weighted by Gasteiger charge is -2.39. The van der Waals surface area contributed by atoms with Gasteiger partial charge in [0.2, 0.25) is 0 Å². The van der Waals surface area contributed by atoms with Crippen LogP contribution in [0.4, 0.5) is 10.1 Å². The van der Waals surface area contributed by atoms with E-state index in [1.165, 1.54) is 18.2 Å². The van der Waals surface area contributed by atoms with Crippen molar-refractivity contribution in [1.82, 2.24) is 4.90 Å². The van der Waals surface area contributed by atoms with Crippen molar-refractivity contribution < 1.29 is 27.4 Å². The van der Waals surface area contributed by atoms with Gasteiger partial charge in [-0.25, -0.2) is 17.6 Å². The van der Waals surface area contributed by atoms with Gasteiger partial charge >= 0.3 is 5.97 Å². The summed E-state index contributed by atoms with van der Waals surface area (Å²) in [5.41, 5.74) is 0.984. The fourth-order valence-electron chi connectivity index (χ4n) is 4.65. The van der Waals surface area contributed by atoms with Crippen molar-refractivity contribution >= 4 is 21.7 Å². The van der Waals surface area contributed by atoms with Crippen LogP contribution in [0.25, 0.3) is 0 Å². The van der Waals surface area contributed by atoms with E-state index >= 15 is 0 Å². The first-order valence-corrected chi connectivity index (χ1v) is 11.8. The van der Waals surface area contributed by atoms with Crippen LogP contribution in [-0.4, -0.2) is 50.6 Å². The van der Waals surface area contributed by atoms with Crippen LogP contribution in [-0.2, 0) is 10.0 Å². The number of nitrogens with zero attached hydrogens (tertiary/aromatic N) is 1. The molecule has 2 atom stereocenters. The maximum Gasteiger partial charge on any atom is 0.341 e. The molecule has 0 aromatic heterocycles. The molecular formula is C22H23FN2O5S. The number of carboxylic acids is 1. The number of hydrogen-bond acceptors (Lipinski definition) is 5. The largest absolute Gasteiger partial charge is 0.492 e. The van der Waals surface area contributed by atoms with E-state index < -0.39 is 21.8 Å². The summed E-state index contributed by atoms with van der Waals surface area (Å²) in [5.74, 6) is -0.940. The molecule has 7 nitrogen and oxygen atoms in total. The van der Waals surface area contributed by atoms with E-state index in [4.69, 9.17) is 4.74 Å². The Morgan fingerprint density at radius 1 is 1.26 bits per heavy atom. The minimum Gasteiger partial charge on any atom is -0.492 e. The highest BCUT2D eigenvalue weighted by atomic mass is 32.2. The Bertz CT molecular complexity index is 1180. The number of likely N-dealkylation sites (tertiary alicyclic amines) is 1. The molecule has 31 heavy (non-hydrogen) atoms. The molecule has 2 aromatic rings. The molecule has 0 bridgehead atoms. The molecule has 1 saturated heterocycles. The number of anilines is 1. The third-order valence-electron chi connectivity index (χ3n) is 6.52. The molecule has 0 radical (unpaired) electrons. The average Bonchev–Trinajstić information content (AvgIpc) is 3.46. The number of aromatic carboxylic acids is 1. The molecule has 164 valence electrons. The Hall–Kier alpha value is -2.65. The van der Waals surface area contributed by atoms with Crippen LogP contribution < -0.4 is 9.46 Å². The zero-order valence-electron chi connectivity index (χ0n) is 17.0. The van der Waals surface area contributed by atoms with E-state index in [1.54, 1.807) is 6.07 Å². The Balaban J connectivity index is 1.52. The van der Waals surface area contributed by atoms with Crippen molar-refractivity contribution in [2.75, 3.05) is 31.0 Å². The molecule has 0 amide bonds. The minimum absolute atomic E-state index is 0.0353. The number of hydrogen-bond donors (Lipinski definition) is 2. The number of sulfonamides is 1. The van der Waals surface area contributed by atoms with Gasteiger partial charge in [-0.2, -0.15) is 0 Å². The summed E-state index contributed by atoms with van der Waals surface area (Å²) < 4.78 is 48.6. The molecule has 2 N–H and O–H groups in total. The molecule has 2 fully saturated rings. The molecule has 1 aliphatic carbocycles. The lowest BCUT2D eigenvalue weighted by molar-refractivity contribution is 0.0692. The van der Waals surface area contributed by atoms with Gasteiger partial charge in [-0.1, -0.05) is 13.0 Å². The topological polar surface area (TPSA) is 95.9 Å². The lowest BCUT2D eigenvalue weighted by Crippen LogP contribution is -2.45. The molecule has 3 aliphatic rings. The number of rotatable bonds is 6. The molecule has 9 heteroatoms. The van der Waals surface area contributed by atoms with Gasteiger partial charge in [-0.3, -0.25) is 4.72 Å². The van der Waals surface area contributed by atoms with E-state index in [0.717, 1.165) is 24.6 Å². The van der Waals surface area contributed by atoms with Crippen molar-refractivity contribution in [3.63, 3.8) is 0 Å². The summed E-state index contributed by atoms with van der Waals surface area (Å²) in [4.78, 5) is 14.1. The first kappa shape index (κ1) is 20.3. The summed E-state index contributed by atoms with van der Waals surface area (Å²) in [5, 5.41) is 9.80. The predicted octanol–water partition coefficient (Wildman–Crippen LogP) is 3.24. The van der Waals surface area contributed by atoms with Gasteiger partial charge in [-0.05, 0) is 54.3 Å². The number of fused-ring (bicyclic) bond motifs is 3. The van der Waals surface area contributed by atoms with Crippen LogP contribution in [0.1, 0.15) is 46.7 Å². The van der Waals surface area contributed by atoms with Crippen molar-refractivity contribution in [3.8, 4) is 5.75 Å². The fourth-order valence-corrected chi connectivity index (χ4v) is 6.01. The summed E-state index contributed by atoms with van der Waals surface area (Å²) in [7, 11) is -4.15. The molecule has 1 saturated carbocycles. The number of likely N-dealkylation sites (N-methyl/N-ethyl adjacent to an activating group) is 1. The maximum absolute atomic E-state index is 13.9. The highest BCUT2D eigenvalue weighted by molar-refractivity contribution is 7.92. The van der Waals surface area contributed by atoms with E-state index in [-0.39, 0.29) is 33.7 Å². The number of ether oxygens (including phenoxy) is 1. The highest BCUT2D eigenvalue weighted by Crippen LogP contribution is 2.55. The fraction of sp³-hybridized carbons (Fsp3) is 0.409. The second-order valence-electron chi connectivity index (χ2n) is 8.46. The number of carbonyl (C=O) groups is 1. The number of carboxylic acid groups (broad SMARTS) is 1. The van der Waals surface area contributed by atoms with Crippen molar-refractivity contribution in [2.24, 2.45) is 5.92 Å². The van der Waals surface area contributed by atoms with Crippen LogP contribution in [0.5, 0.6) is 5.75 Å². The van der Waals surface area contributed by atoms with E-state index in [0.29, 0.717) is 31.2 Å². The van der Waals surface area contributed by atoms with Crippen LogP contribution in [0, 0.1) is 11.7 Å². The molecule has 0 spiro atoms. The van der Waals surface area contributed by atoms with Gasteiger partial charge in [0.25, 0.3) is 10.0 Å². The summed E-state index contributed by atoms with van der Waals surface area (Å²) >= 11 is 0. The van der Waals surface area contributed by atoms with Crippen molar-refractivity contribution in [1.29, 1.82) is 0 Å². The SMILES string of the molecule is CCN1CC(c2cc(F)ccc2S(=O)(=O)Nc2ccc3c(c2C(=O)O)OCC2CC32)C1. The Labute approximate surface area is 179 Å². The maximum atomic E-state index is 13.9. The van der Waals surface area contributed by atoms with Gasteiger partial charge in [0.1, 0.15) is 17.1 Å². The minimum atomic E-state index is -4.15. The smallest absolute Gasteiger partial charge is 0.341 e. The monoisotopic (exact) mass is 446 g/mol. The quantitative estimate of drug-likeness (QED) is 0.707. The second kappa shape index (κ2) is 7.20. The van der Waals surface area contributed by atoms with Crippen LogP contribution >= 0.6 is 0 Å². The van der Waals surface area contributed by atoms with Crippen LogP contribution in [0.3, 0.4) is 0 Å². The zero-order valence-corrected chi connectivity index (χ0v) is 17.8. The van der Waals surface area contributed by atoms with Gasteiger partial charge in [0.15, 0.2) is 0 Å². The summed E-state index contributed by atoms with van der Waals surface area (Å²) in [6.45, 7) is 4.59. The summed E-state index contributed by atoms with van der Waals surface area (Å²) in [6.07, 6.45) is 0.951. The second-order valence-corrected chi connectivity index (χ2v) is 10.1. The molecule has 2 aromatic carbocycles. The highest BCUT2D eigenvalue weighted by Gasteiger charge is 2.45. The van der Waals surface area contributed by atoms with E-state index in [2.05, 4.69) is 9.62 Å². The molecule has 2 heterocycles. The third-order valence-corrected chi connectivity index (χ3v) is 7.96. The van der Waals surface area contributed by atoms with Gasteiger partial charge < -0.3 is 14.7 Å². The van der Waals surface area contributed by atoms with Crippen LogP contribution in [0.15, 0.2) is 35.2 Å². The normalized spacial score (nSPS) is 22.6. The van der Waals surface area contributed by atoms with E-state index in [9.17, 15) is 22.7 Å². The van der Waals surface area contributed by atoms with Crippen molar-refractivity contribution in [2.45, 2.75) is 30.1 Å². The molecule has 2 unspecified atom stereocenters. The van der Waals surface area contributed by atoms with Crippen LogP contribution in [0.2, 0.25) is 0 Å². The standard InChI is InChI=1S/C22H23FN2O5S/c1-2-25-9-13(10-25)17-8-14(23)3-6-19(17)31(28,29)24-18-5-4-15-16-7-12(16)11-30-21(15)20(18)22(26)27/h3-6,8,12-13,16,24H,2,7,9-11H2,1H3,(H,26,27). The first-order chi connectivity index (χ1) is 14.8. The lowest BCUT2D eigenvalue weighted by atomic mass is 9.91. The number of nitrogens with one attached hydrogen (secondary N) is 1. The molecule has 5 rings (SSSR count). The Kier molecular flexibility index (Phi) is 4.71.